The van der Waals surface area contributed by atoms with Crippen molar-refractivity contribution in [3.05, 3.63) is 89.0 Å². The van der Waals surface area contributed by atoms with Gasteiger partial charge in [-0.05, 0) is 59.2 Å². The monoisotopic (exact) mass is 645 g/mol. The number of rotatable bonds is 7. The summed E-state index contributed by atoms with van der Waals surface area (Å²) in [5, 5.41) is 36.6. The van der Waals surface area contributed by atoms with Gasteiger partial charge >= 0.3 is 18.1 Å². The normalized spacial score (nSPS) is 20.3. The van der Waals surface area contributed by atoms with E-state index in [0.717, 1.165) is 25.3 Å². The van der Waals surface area contributed by atoms with Crippen molar-refractivity contribution in [3.63, 3.8) is 0 Å². The van der Waals surface area contributed by atoms with Crippen LogP contribution in [0.1, 0.15) is 60.8 Å². The lowest BCUT2D eigenvalue weighted by Crippen LogP contribution is -2.51. The van der Waals surface area contributed by atoms with Gasteiger partial charge in [-0.15, -0.1) is 0 Å². The molecule has 2 unspecified atom stereocenters. The number of oxime groups is 1. The lowest BCUT2D eigenvalue weighted by Gasteiger charge is -2.37. The molecule has 2 aliphatic rings. The second-order valence-corrected chi connectivity index (χ2v) is 11.6. The number of benzene rings is 3. The Hall–Kier alpha value is -4.41. The largest absolute Gasteiger partial charge is 0.458 e. The zero-order valence-corrected chi connectivity index (χ0v) is 24.3. The van der Waals surface area contributed by atoms with Crippen LogP contribution in [0, 0.1) is 17.2 Å². The molecule has 0 saturated heterocycles. The zero-order valence-electron chi connectivity index (χ0n) is 24.3. The fourth-order valence-corrected chi connectivity index (χ4v) is 5.94. The molecule has 1 amide bonds. The van der Waals surface area contributed by atoms with Crippen LogP contribution in [0.2, 0.25) is 0 Å². The van der Waals surface area contributed by atoms with Gasteiger partial charge in [0, 0.05) is 12.1 Å². The Morgan fingerprint density at radius 1 is 0.957 bits per heavy atom. The van der Waals surface area contributed by atoms with Gasteiger partial charge in [-0.2, -0.15) is 31.6 Å². The summed E-state index contributed by atoms with van der Waals surface area (Å²) in [7, 11) is 0. The summed E-state index contributed by atoms with van der Waals surface area (Å²) in [6, 6.07) is 17.6. The SMILES string of the molecule is N#Cc1ccc(NC(=O)C(O)(Cc2cccc(-c3ccc(C4=NOC(O)(C(F)(F)F)C4)cc3)c2)C2CCCCC2)cc1C(F)(F)F. The maximum atomic E-state index is 13.7. The summed E-state index contributed by atoms with van der Waals surface area (Å²) >= 11 is 0. The van der Waals surface area contributed by atoms with Crippen molar-refractivity contribution >= 4 is 17.3 Å². The summed E-state index contributed by atoms with van der Waals surface area (Å²) in [6.45, 7) is 0. The topological polar surface area (TPSA) is 115 Å². The van der Waals surface area contributed by atoms with Crippen molar-refractivity contribution in [1.29, 1.82) is 5.26 Å². The molecule has 13 heteroatoms. The molecule has 3 aromatic rings. The molecule has 242 valence electrons. The molecule has 0 aromatic heterocycles. The highest BCUT2D eigenvalue weighted by molar-refractivity contribution is 6.02. The Labute approximate surface area is 260 Å². The van der Waals surface area contributed by atoms with E-state index in [-0.39, 0.29) is 17.8 Å². The molecule has 7 nitrogen and oxygen atoms in total. The van der Waals surface area contributed by atoms with E-state index in [0.29, 0.717) is 41.2 Å². The zero-order chi connectivity index (χ0) is 33.3. The fourth-order valence-electron chi connectivity index (χ4n) is 5.94. The molecular formula is C33H29F6N3O4. The van der Waals surface area contributed by atoms with Gasteiger partial charge in [-0.1, -0.05) is 72.9 Å². The van der Waals surface area contributed by atoms with E-state index in [1.807, 2.05) is 0 Å². The standard InChI is InChI=1S/C33H29F6N3O4/c34-32(35,36)27-16-26(14-13-24(27)19-40)41-29(43)30(44,25-7-2-1-3-8-25)17-20-5-4-6-23(15-20)21-9-11-22(12-10-21)28-18-31(45,46-42-28)33(37,38)39/h4-6,9-16,25,44-45H,1-3,7-8,17-18H2,(H,41,43). The van der Waals surface area contributed by atoms with Crippen molar-refractivity contribution in [1.82, 2.24) is 0 Å². The third-order valence-electron chi connectivity index (χ3n) is 8.49. The fraction of sp³-hybridized carbons (Fsp3) is 0.364. The number of nitriles is 1. The number of carbonyl (C=O) groups excluding carboxylic acids is 1. The number of anilines is 1. The summed E-state index contributed by atoms with van der Waals surface area (Å²) < 4.78 is 79.9. The molecule has 1 aliphatic heterocycles. The number of nitrogens with one attached hydrogen (secondary N) is 1. The molecule has 0 radical (unpaired) electrons. The van der Waals surface area contributed by atoms with Crippen LogP contribution in [0.4, 0.5) is 32.0 Å². The third-order valence-corrected chi connectivity index (χ3v) is 8.49. The first-order chi connectivity index (χ1) is 21.6. The number of hydrogen-bond donors (Lipinski definition) is 3. The van der Waals surface area contributed by atoms with Gasteiger partial charge in [0.25, 0.3) is 5.91 Å². The van der Waals surface area contributed by atoms with E-state index in [9.17, 15) is 41.4 Å². The first-order valence-electron chi connectivity index (χ1n) is 14.5. The molecule has 3 N–H and O–H groups in total. The van der Waals surface area contributed by atoms with Crippen molar-refractivity contribution < 1.29 is 46.2 Å². The number of amides is 1. The summed E-state index contributed by atoms with van der Waals surface area (Å²) in [6.07, 6.45) is -7.28. The van der Waals surface area contributed by atoms with Crippen LogP contribution >= 0.6 is 0 Å². The van der Waals surface area contributed by atoms with Gasteiger partial charge in [0.05, 0.1) is 29.3 Å². The Kier molecular flexibility index (Phi) is 8.90. The van der Waals surface area contributed by atoms with Gasteiger partial charge in [-0.3, -0.25) is 4.79 Å². The Bertz CT molecular complexity index is 1680. The van der Waals surface area contributed by atoms with Gasteiger partial charge in [-0.25, -0.2) is 0 Å². The minimum Gasteiger partial charge on any atom is -0.379 e. The average Bonchev–Trinajstić information content (AvgIpc) is 3.45. The van der Waals surface area contributed by atoms with Gasteiger partial charge in [0.2, 0.25) is 0 Å². The number of nitrogens with zero attached hydrogens (tertiary/aromatic N) is 2. The molecule has 46 heavy (non-hydrogen) atoms. The highest BCUT2D eigenvalue weighted by Gasteiger charge is 2.60. The minimum absolute atomic E-state index is 0.0756. The van der Waals surface area contributed by atoms with Crippen LogP contribution in [-0.4, -0.2) is 39.4 Å². The van der Waals surface area contributed by atoms with Crippen LogP contribution in [0.5, 0.6) is 0 Å². The lowest BCUT2D eigenvalue weighted by atomic mass is 9.73. The highest BCUT2D eigenvalue weighted by Crippen LogP contribution is 2.40. The van der Waals surface area contributed by atoms with E-state index in [1.165, 1.54) is 24.3 Å². The molecule has 0 spiro atoms. The number of hydrogen-bond acceptors (Lipinski definition) is 6. The second kappa shape index (κ2) is 12.4. The quantitative estimate of drug-likeness (QED) is 0.237. The highest BCUT2D eigenvalue weighted by atomic mass is 19.4. The molecule has 1 heterocycles. The van der Waals surface area contributed by atoms with E-state index in [1.54, 1.807) is 36.4 Å². The van der Waals surface area contributed by atoms with E-state index >= 15 is 0 Å². The summed E-state index contributed by atoms with van der Waals surface area (Å²) in [5.74, 6) is -4.71. The van der Waals surface area contributed by atoms with Gasteiger partial charge in [0.15, 0.2) is 0 Å². The van der Waals surface area contributed by atoms with Crippen LogP contribution in [0.3, 0.4) is 0 Å². The summed E-state index contributed by atoms with van der Waals surface area (Å²) in [5.41, 5.74) is -1.80. The molecule has 2 atom stereocenters. The maximum absolute atomic E-state index is 13.7. The molecule has 1 saturated carbocycles. The molecule has 0 bridgehead atoms. The lowest BCUT2D eigenvalue weighted by molar-refractivity contribution is -0.355. The number of halogens is 6. The van der Waals surface area contributed by atoms with Gasteiger partial charge in [0.1, 0.15) is 5.60 Å². The van der Waals surface area contributed by atoms with Crippen molar-refractivity contribution in [2.24, 2.45) is 11.1 Å². The summed E-state index contributed by atoms with van der Waals surface area (Å²) in [4.78, 5) is 17.9. The van der Waals surface area contributed by atoms with Crippen molar-refractivity contribution in [2.45, 2.75) is 68.7 Å². The first-order valence-corrected chi connectivity index (χ1v) is 14.5. The third kappa shape index (κ3) is 6.73. The minimum atomic E-state index is -5.02. The first kappa shape index (κ1) is 33.0. The maximum Gasteiger partial charge on any atom is 0.458 e. The molecule has 1 fully saturated rings. The number of carbonyl (C=O) groups is 1. The average molecular weight is 646 g/mol. The van der Waals surface area contributed by atoms with Gasteiger partial charge < -0.3 is 20.4 Å². The van der Waals surface area contributed by atoms with Crippen molar-refractivity contribution in [3.8, 4) is 17.2 Å². The number of aliphatic hydroxyl groups is 2. The predicted molar refractivity (Wildman–Crippen MR) is 155 cm³/mol. The number of alkyl halides is 6. The second-order valence-electron chi connectivity index (χ2n) is 11.6. The molecule has 1 aliphatic carbocycles. The van der Waals surface area contributed by atoms with E-state index in [4.69, 9.17) is 5.26 Å². The van der Waals surface area contributed by atoms with E-state index in [2.05, 4.69) is 15.3 Å². The van der Waals surface area contributed by atoms with Crippen LogP contribution < -0.4 is 5.32 Å². The van der Waals surface area contributed by atoms with E-state index < -0.39 is 53.1 Å². The Morgan fingerprint density at radius 2 is 1.63 bits per heavy atom. The molecule has 3 aromatic carbocycles. The smallest absolute Gasteiger partial charge is 0.379 e. The van der Waals surface area contributed by atoms with Crippen LogP contribution in [-0.2, 0) is 22.2 Å². The Balaban J connectivity index is 1.38. The predicted octanol–water partition coefficient (Wildman–Crippen LogP) is 7.11. The molecule has 5 rings (SSSR count). The molecular weight excluding hydrogens is 616 g/mol. The Morgan fingerprint density at radius 3 is 2.24 bits per heavy atom. The van der Waals surface area contributed by atoms with Crippen LogP contribution in [0.25, 0.3) is 11.1 Å². The van der Waals surface area contributed by atoms with Crippen molar-refractivity contribution in [2.75, 3.05) is 5.32 Å². The van der Waals surface area contributed by atoms with Crippen LogP contribution in [0.15, 0.2) is 71.9 Å².